The lowest BCUT2D eigenvalue weighted by molar-refractivity contribution is 0.935. The largest absolute Gasteiger partial charge is 0.231 e. The maximum atomic E-state index is 9.20. The molecule has 2 rings (SSSR count). The van der Waals surface area contributed by atoms with Gasteiger partial charge < -0.3 is 0 Å². The number of benzene rings is 1. The Bertz CT molecular complexity index is 531. The molecule has 0 aliphatic rings. The fourth-order valence-electron chi connectivity index (χ4n) is 1.51. The Morgan fingerprint density at radius 1 is 1.22 bits per heavy atom. The van der Waals surface area contributed by atoms with E-state index in [9.17, 15) is 5.26 Å². The summed E-state index contributed by atoms with van der Waals surface area (Å²) < 4.78 is 0. The third-order valence-corrected chi connectivity index (χ3v) is 3.46. The number of rotatable bonds is 4. The molecule has 0 saturated heterocycles. The molecule has 4 heteroatoms. The molecule has 1 aromatic heterocycles. The number of nitrogens with zero attached hydrogens (tertiary/aromatic N) is 3. The highest BCUT2D eigenvalue weighted by Gasteiger charge is 2.11. The topological polar surface area (TPSA) is 49.6 Å². The van der Waals surface area contributed by atoms with Crippen LogP contribution in [0.15, 0.2) is 47.9 Å². The number of nitriles is 1. The monoisotopic (exact) mass is 255 g/mol. The number of thioether (sulfide) groups is 1. The van der Waals surface area contributed by atoms with Gasteiger partial charge >= 0.3 is 0 Å². The molecule has 0 N–H and O–H groups in total. The SMILES string of the molecule is Cc1cnc(SCC(C#N)c2ccccc2)nc1. The fraction of sp³-hybridized carbons (Fsp3) is 0.214. The molecule has 90 valence electrons. The summed E-state index contributed by atoms with van der Waals surface area (Å²) in [4.78, 5) is 8.44. The summed E-state index contributed by atoms with van der Waals surface area (Å²) in [5.74, 6) is 0.546. The van der Waals surface area contributed by atoms with E-state index < -0.39 is 0 Å². The number of aryl methyl sites for hydroxylation is 1. The second-order valence-corrected chi connectivity index (χ2v) is 4.93. The second kappa shape index (κ2) is 6.18. The molecule has 18 heavy (non-hydrogen) atoms. The first-order valence-electron chi connectivity index (χ1n) is 5.65. The van der Waals surface area contributed by atoms with Crippen molar-refractivity contribution in [3.63, 3.8) is 0 Å². The van der Waals surface area contributed by atoms with Gasteiger partial charge in [-0.05, 0) is 18.1 Å². The van der Waals surface area contributed by atoms with Crippen LogP contribution in [0, 0.1) is 18.3 Å². The van der Waals surface area contributed by atoms with E-state index in [0.717, 1.165) is 16.3 Å². The Balaban J connectivity index is 2.00. The van der Waals surface area contributed by atoms with E-state index in [-0.39, 0.29) is 5.92 Å². The van der Waals surface area contributed by atoms with Crippen molar-refractivity contribution in [1.82, 2.24) is 9.97 Å². The molecule has 1 aromatic carbocycles. The summed E-state index contributed by atoms with van der Waals surface area (Å²) in [6.07, 6.45) is 3.58. The van der Waals surface area contributed by atoms with Gasteiger partial charge in [-0.15, -0.1) is 0 Å². The van der Waals surface area contributed by atoms with Crippen LogP contribution in [0.3, 0.4) is 0 Å². The highest BCUT2D eigenvalue weighted by molar-refractivity contribution is 7.99. The van der Waals surface area contributed by atoms with Gasteiger partial charge in [0, 0.05) is 18.1 Å². The van der Waals surface area contributed by atoms with Crippen LogP contribution in [0.2, 0.25) is 0 Å². The summed E-state index contributed by atoms with van der Waals surface area (Å²) in [6, 6.07) is 12.1. The van der Waals surface area contributed by atoms with Crippen LogP contribution in [0.4, 0.5) is 0 Å². The fourth-order valence-corrected chi connectivity index (χ4v) is 2.34. The van der Waals surface area contributed by atoms with E-state index in [1.807, 2.05) is 37.3 Å². The summed E-state index contributed by atoms with van der Waals surface area (Å²) in [5, 5.41) is 9.92. The molecular formula is C14H13N3S. The minimum absolute atomic E-state index is 0.124. The molecule has 0 fully saturated rings. The highest BCUT2D eigenvalue weighted by Crippen LogP contribution is 2.23. The molecular weight excluding hydrogens is 242 g/mol. The average Bonchev–Trinajstić information content (AvgIpc) is 2.43. The highest BCUT2D eigenvalue weighted by atomic mass is 32.2. The van der Waals surface area contributed by atoms with Crippen LogP contribution in [-0.4, -0.2) is 15.7 Å². The maximum absolute atomic E-state index is 9.20. The molecule has 0 aliphatic heterocycles. The Morgan fingerprint density at radius 2 is 1.89 bits per heavy atom. The molecule has 1 heterocycles. The minimum atomic E-state index is -0.124. The van der Waals surface area contributed by atoms with E-state index in [0.29, 0.717) is 5.75 Å². The van der Waals surface area contributed by atoms with Crippen LogP contribution < -0.4 is 0 Å². The van der Waals surface area contributed by atoms with Crippen molar-refractivity contribution in [2.45, 2.75) is 18.0 Å². The molecule has 1 atom stereocenters. The van der Waals surface area contributed by atoms with Crippen LogP contribution in [-0.2, 0) is 0 Å². The average molecular weight is 255 g/mol. The summed E-state index contributed by atoms with van der Waals surface area (Å²) in [7, 11) is 0. The number of aromatic nitrogens is 2. The van der Waals surface area contributed by atoms with Crippen LogP contribution in [0.5, 0.6) is 0 Å². The van der Waals surface area contributed by atoms with Crippen molar-refractivity contribution in [2.75, 3.05) is 5.75 Å². The third kappa shape index (κ3) is 3.31. The minimum Gasteiger partial charge on any atom is -0.231 e. The lowest BCUT2D eigenvalue weighted by Crippen LogP contribution is -1.99. The predicted octanol–water partition coefficient (Wildman–Crippen LogP) is 3.18. The standard InChI is InChI=1S/C14H13N3S/c1-11-8-16-14(17-9-11)18-10-13(7-15)12-5-3-2-4-6-12/h2-6,8-9,13H,10H2,1H3. The van der Waals surface area contributed by atoms with Crippen molar-refractivity contribution in [2.24, 2.45) is 0 Å². The normalized spacial score (nSPS) is 11.8. The summed E-state index contributed by atoms with van der Waals surface area (Å²) in [6.45, 7) is 1.95. The summed E-state index contributed by atoms with van der Waals surface area (Å²) >= 11 is 1.51. The molecule has 3 nitrogen and oxygen atoms in total. The van der Waals surface area contributed by atoms with Gasteiger partial charge in [-0.3, -0.25) is 0 Å². The summed E-state index contributed by atoms with van der Waals surface area (Å²) in [5.41, 5.74) is 2.08. The zero-order valence-electron chi connectivity index (χ0n) is 10.1. The van der Waals surface area contributed by atoms with Gasteiger partial charge in [-0.25, -0.2) is 9.97 Å². The van der Waals surface area contributed by atoms with Crippen molar-refractivity contribution in [1.29, 1.82) is 5.26 Å². The zero-order valence-corrected chi connectivity index (χ0v) is 10.9. The van der Waals surface area contributed by atoms with Crippen molar-refractivity contribution in [3.05, 3.63) is 53.9 Å². The van der Waals surface area contributed by atoms with E-state index >= 15 is 0 Å². The van der Waals surface area contributed by atoms with Crippen LogP contribution >= 0.6 is 11.8 Å². The molecule has 0 bridgehead atoms. The van der Waals surface area contributed by atoms with Gasteiger partial charge in [0.2, 0.25) is 0 Å². The van der Waals surface area contributed by atoms with E-state index in [4.69, 9.17) is 0 Å². The number of hydrogen-bond acceptors (Lipinski definition) is 4. The molecule has 0 radical (unpaired) electrons. The first-order chi connectivity index (χ1) is 8.79. The first kappa shape index (κ1) is 12.6. The Morgan fingerprint density at radius 3 is 2.50 bits per heavy atom. The number of hydrogen-bond donors (Lipinski definition) is 0. The van der Waals surface area contributed by atoms with Crippen LogP contribution in [0.25, 0.3) is 0 Å². The lowest BCUT2D eigenvalue weighted by Gasteiger charge is -2.07. The van der Waals surface area contributed by atoms with E-state index in [2.05, 4.69) is 16.0 Å². The molecule has 0 aliphatic carbocycles. The Labute approximate surface area is 111 Å². The second-order valence-electron chi connectivity index (χ2n) is 3.95. The van der Waals surface area contributed by atoms with Crippen molar-refractivity contribution in [3.8, 4) is 6.07 Å². The van der Waals surface area contributed by atoms with Gasteiger partial charge in [0.05, 0.1) is 12.0 Å². The maximum Gasteiger partial charge on any atom is 0.187 e. The first-order valence-corrected chi connectivity index (χ1v) is 6.64. The van der Waals surface area contributed by atoms with Gasteiger partial charge in [0.15, 0.2) is 5.16 Å². The molecule has 0 saturated carbocycles. The van der Waals surface area contributed by atoms with Gasteiger partial charge in [-0.1, -0.05) is 42.1 Å². The van der Waals surface area contributed by atoms with Gasteiger partial charge in [-0.2, -0.15) is 5.26 Å². The van der Waals surface area contributed by atoms with E-state index in [1.54, 1.807) is 12.4 Å². The van der Waals surface area contributed by atoms with Crippen molar-refractivity contribution >= 4 is 11.8 Å². The molecule has 0 amide bonds. The molecule has 0 spiro atoms. The predicted molar refractivity (Wildman–Crippen MR) is 72.3 cm³/mol. The quantitative estimate of drug-likeness (QED) is 0.622. The van der Waals surface area contributed by atoms with E-state index in [1.165, 1.54) is 11.8 Å². The van der Waals surface area contributed by atoms with Crippen molar-refractivity contribution < 1.29 is 0 Å². The molecule has 1 unspecified atom stereocenters. The van der Waals surface area contributed by atoms with Gasteiger partial charge in [0.25, 0.3) is 0 Å². The van der Waals surface area contributed by atoms with Gasteiger partial charge in [0.1, 0.15) is 0 Å². The zero-order chi connectivity index (χ0) is 12.8. The third-order valence-electron chi connectivity index (χ3n) is 2.49. The smallest absolute Gasteiger partial charge is 0.187 e. The Kier molecular flexibility index (Phi) is 4.32. The Hall–Kier alpha value is -1.86. The molecule has 2 aromatic rings. The lowest BCUT2D eigenvalue weighted by atomic mass is 10.0. The van der Waals surface area contributed by atoms with Crippen LogP contribution in [0.1, 0.15) is 17.0 Å².